The van der Waals surface area contributed by atoms with E-state index in [0.717, 1.165) is 11.4 Å². The molecule has 0 saturated carbocycles. The van der Waals surface area contributed by atoms with E-state index in [2.05, 4.69) is 36.7 Å². The van der Waals surface area contributed by atoms with Crippen LogP contribution in [0.5, 0.6) is 5.75 Å². The van der Waals surface area contributed by atoms with Crippen LogP contribution in [-0.2, 0) is 4.74 Å². The number of thiophene rings is 1. The SMILES string of the molecule is COCCOc1cccc(NC(C)c2sccc2C)c1. The third-order valence-corrected chi connectivity index (χ3v) is 4.27. The maximum Gasteiger partial charge on any atom is 0.121 e. The highest BCUT2D eigenvalue weighted by molar-refractivity contribution is 7.10. The van der Waals surface area contributed by atoms with E-state index in [1.165, 1.54) is 10.4 Å². The number of methoxy groups -OCH3 is 1. The van der Waals surface area contributed by atoms with Gasteiger partial charge in [0.25, 0.3) is 0 Å². The van der Waals surface area contributed by atoms with Crippen molar-refractivity contribution in [2.24, 2.45) is 0 Å². The van der Waals surface area contributed by atoms with Crippen LogP contribution in [-0.4, -0.2) is 20.3 Å². The number of rotatable bonds is 7. The van der Waals surface area contributed by atoms with Gasteiger partial charge in [-0.25, -0.2) is 0 Å². The van der Waals surface area contributed by atoms with E-state index in [-0.39, 0.29) is 0 Å². The summed E-state index contributed by atoms with van der Waals surface area (Å²) in [4.78, 5) is 1.37. The van der Waals surface area contributed by atoms with Crippen molar-refractivity contribution >= 4 is 17.0 Å². The zero-order valence-corrected chi connectivity index (χ0v) is 13.0. The average Bonchev–Trinajstić information content (AvgIpc) is 2.86. The Balaban J connectivity index is 1.99. The van der Waals surface area contributed by atoms with Crippen molar-refractivity contribution in [2.45, 2.75) is 19.9 Å². The number of anilines is 1. The van der Waals surface area contributed by atoms with Crippen LogP contribution in [0.3, 0.4) is 0 Å². The molecule has 0 aliphatic carbocycles. The van der Waals surface area contributed by atoms with E-state index in [1.807, 2.05) is 18.2 Å². The van der Waals surface area contributed by atoms with Gasteiger partial charge in [0.05, 0.1) is 12.6 Å². The van der Waals surface area contributed by atoms with Gasteiger partial charge in [0.2, 0.25) is 0 Å². The molecule has 2 rings (SSSR count). The Hall–Kier alpha value is -1.52. The molecule has 2 aromatic rings. The van der Waals surface area contributed by atoms with Gasteiger partial charge in [-0.1, -0.05) is 6.07 Å². The zero-order chi connectivity index (χ0) is 14.4. The number of hydrogen-bond donors (Lipinski definition) is 1. The molecule has 4 heteroatoms. The van der Waals surface area contributed by atoms with Crippen LogP contribution in [0, 0.1) is 6.92 Å². The lowest BCUT2D eigenvalue weighted by molar-refractivity contribution is 0.146. The third-order valence-electron chi connectivity index (χ3n) is 3.07. The predicted octanol–water partition coefficient (Wildman–Crippen LogP) is 4.25. The first-order valence-electron chi connectivity index (χ1n) is 6.73. The molecule has 3 nitrogen and oxygen atoms in total. The molecule has 108 valence electrons. The maximum atomic E-state index is 5.62. The van der Waals surface area contributed by atoms with Crippen molar-refractivity contribution in [1.29, 1.82) is 0 Å². The largest absolute Gasteiger partial charge is 0.491 e. The fraction of sp³-hybridized carbons (Fsp3) is 0.375. The zero-order valence-electron chi connectivity index (χ0n) is 12.2. The third kappa shape index (κ3) is 3.99. The van der Waals surface area contributed by atoms with Crippen LogP contribution in [0.4, 0.5) is 5.69 Å². The molecule has 1 atom stereocenters. The predicted molar refractivity (Wildman–Crippen MR) is 84.9 cm³/mol. The number of aryl methyl sites for hydroxylation is 1. The summed E-state index contributed by atoms with van der Waals surface area (Å²) in [6, 6.07) is 10.5. The summed E-state index contributed by atoms with van der Waals surface area (Å²) < 4.78 is 10.6. The fourth-order valence-electron chi connectivity index (χ4n) is 2.06. The number of benzene rings is 1. The smallest absolute Gasteiger partial charge is 0.121 e. The Labute approximate surface area is 124 Å². The van der Waals surface area contributed by atoms with Gasteiger partial charge in [0, 0.05) is 23.7 Å². The molecule has 0 radical (unpaired) electrons. The van der Waals surface area contributed by atoms with Gasteiger partial charge in [-0.3, -0.25) is 0 Å². The second kappa shape index (κ2) is 7.31. The molecular weight excluding hydrogens is 270 g/mol. The van der Waals surface area contributed by atoms with E-state index in [9.17, 15) is 0 Å². The quantitative estimate of drug-likeness (QED) is 0.773. The topological polar surface area (TPSA) is 30.5 Å². The van der Waals surface area contributed by atoms with Crippen molar-refractivity contribution in [3.63, 3.8) is 0 Å². The highest BCUT2D eigenvalue weighted by Crippen LogP contribution is 2.28. The molecule has 0 aliphatic heterocycles. The molecule has 0 aliphatic rings. The Bertz CT molecular complexity index is 539. The summed E-state index contributed by atoms with van der Waals surface area (Å²) in [7, 11) is 1.67. The highest BCUT2D eigenvalue weighted by Gasteiger charge is 2.09. The van der Waals surface area contributed by atoms with Crippen LogP contribution >= 0.6 is 11.3 Å². The average molecular weight is 291 g/mol. The first-order chi connectivity index (χ1) is 9.70. The van der Waals surface area contributed by atoms with E-state index in [0.29, 0.717) is 19.3 Å². The number of hydrogen-bond acceptors (Lipinski definition) is 4. The van der Waals surface area contributed by atoms with Crippen molar-refractivity contribution in [3.05, 3.63) is 46.2 Å². The minimum atomic E-state index is 0.296. The minimum Gasteiger partial charge on any atom is -0.491 e. The van der Waals surface area contributed by atoms with E-state index < -0.39 is 0 Å². The van der Waals surface area contributed by atoms with E-state index >= 15 is 0 Å². The fourth-order valence-corrected chi connectivity index (χ4v) is 3.00. The van der Waals surface area contributed by atoms with Crippen molar-refractivity contribution in [3.8, 4) is 5.75 Å². The Morgan fingerprint density at radius 2 is 2.10 bits per heavy atom. The molecule has 1 unspecified atom stereocenters. The van der Waals surface area contributed by atoms with Crippen molar-refractivity contribution in [2.75, 3.05) is 25.6 Å². The Morgan fingerprint density at radius 1 is 1.25 bits per heavy atom. The molecule has 0 amide bonds. The van der Waals surface area contributed by atoms with Crippen LogP contribution in [0.2, 0.25) is 0 Å². The lowest BCUT2D eigenvalue weighted by Crippen LogP contribution is -2.07. The van der Waals surface area contributed by atoms with Crippen LogP contribution in [0.25, 0.3) is 0 Å². The normalized spacial score (nSPS) is 12.2. The van der Waals surface area contributed by atoms with Crippen LogP contribution in [0.15, 0.2) is 35.7 Å². The first-order valence-corrected chi connectivity index (χ1v) is 7.61. The van der Waals surface area contributed by atoms with Gasteiger partial charge in [-0.05, 0) is 43.0 Å². The van der Waals surface area contributed by atoms with Gasteiger partial charge in [0.1, 0.15) is 12.4 Å². The molecule has 0 spiro atoms. The molecule has 1 aromatic carbocycles. The molecule has 20 heavy (non-hydrogen) atoms. The number of ether oxygens (including phenoxy) is 2. The van der Waals surface area contributed by atoms with E-state index in [1.54, 1.807) is 18.4 Å². The second-order valence-electron chi connectivity index (χ2n) is 4.70. The van der Waals surface area contributed by atoms with Gasteiger partial charge in [0.15, 0.2) is 0 Å². The van der Waals surface area contributed by atoms with Gasteiger partial charge < -0.3 is 14.8 Å². The molecule has 1 N–H and O–H groups in total. The second-order valence-corrected chi connectivity index (χ2v) is 5.65. The Kier molecular flexibility index (Phi) is 5.44. The van der Waals surface area contributed by atoms with E-state index in [4.69, 9.17) is 9.47 Å². The Morgan fingerprint density at radius 3 is 2.80 bits per heavy atom. The monoisotopic (exact) mass is 291 g/mol. The number of nitrogens with one attached hydrogen (secondary N) is 1. The minimum absolute atomic E-state index is 0.296. The summed E-state index contributed by atoms with van der Waals surface area (Å²) in [6.45, 7) is 5.49. The molecule has 0 saturated heterocycles. The van der Waals surface area contributed by atoms with Crippen LogP contribution in [0.1, 0.15) is 23.4 Å². The molecular formula is C16H21NO2S. The van der Waals surface area contributed by atoms with Crippen LogP contribution < -0.4 is 10.1 Å². The van der Waals surface area contributed by atoms with Crippen molar-refractivity contribution in [1.82, 2.24) is 0 Å². The summed E-state index contributed by atoms with van der Waals surface area (Å²) in [5, 5.41) is 5.65. The van der Waals surface area contributed by atoms with Gasteiger partial charge in [-0.15, -0.1) is 11.3 Å². The standard InChI is InChI=1S/C16H21NO2S/c1-12-7-10-20-16(12)13(2)17-14-5-4-6-15(11-14)19-9-8-18-3/h4-7,10-11,13,17H,8-9H2,1-3H3. The first kappa shape index (κ1) is 14.9. The summed E-state index contributed by atoms with van der Waals surface area (Å²) in [5.74, 6) is 0.863. The maximum absolute atomic E-state index is 5.62. The molecule has 1 aromatic heterocycles. The van der Waals surface area contributed by atoms with Crippen molar-refractivity contribution < 1.29 is 9.47 Å². The lowest BCUT2D eigenvalue weighted by atomic mass is 10.2. The summed E-state index contributed by atoms with van der Waals surface area (Å²) in [6.07, 6.45) is 0. The molecule has 0 fully saturated rings. The molecule has 0 bridgehead atoms. The lowest BCUT2D eigenvalue weighted by Gasteiger charge is -2.16. The highest BCUT2D eigenvalue weighted by atomic mass is 32.1. The molecule has 1 heterocycles. The summed E-state index contributed by atoms with van der Waals surface area (Å²) >= 11 is 1.79. The summed E-state index contributed by atoms with van der Waals surface area (Å²) in [5.41, 5.74) is 2.41. The van der Waals surface area contributed by atoms with Gasteiger partial charge >= 0.3 is 0 Å². The van der Waals surface area contributed by atoms with Gasteiger partial charge in [-0.2, -0.15) is 0 Å².